The van der Waals surface area contributed by atoms with E-state index in [1.54, 1.807) is 19.1 Å². The van der Waals surface area contributed by atoms with Gasteiger partial charge in [0.2, 0.25) is 0 Å². The van der Waals surface area contributed by atoms with Crippen LogP contribution in [0.5, 0.6) is 5.75 Å². The smallest absolute Gasteiger partial charge is 0.338 e. The second-order valence-corrected chi connectivity index (χ2v) is 7.59. The van der Waals surface area contributed by atoms with Crippen LogP contribution in [0.2, 0.25) is 5.02 Å². The number of nitrogens with zero attached hydrogens (tertiary/aromatic N) is 3. The second-order valence-electron chi connectivity index (χ2n) is 6.10. The van der Waals surface area contributed by atoms with Crippen LogP contribution in [0.1, 0.15) is 17.3 Å². The van der Waals surface area contributed by atoms with Gasteiger partial charge in [-0.25, -0.2) is 9.89 Å². The van der Waals surface area contributed by atoms with E-state index in [0.29, 0.717) is 16.4 Å². The average Bonchev–Trinajstić information content (AvgIpc) is 3.38. The summed E-state index contributed by atoms with van der Waals surface area (Å²) in [6.45, 7) is 1.98. The van der Waals surface area contributed by atoms with Gasteiger partial charge in [-0.1, -0.05) is 23.7 Å². The molecule has 2 aromatic heterocycles. The van der Waals surface area contributed by atoms with E-state index < -0.39 is 5.97 Å². The summed E-state index contributed by atoms with van der Waals surface area (Å²) in [5.41, 5.74) is 2.71. The highest BCUT2D eigenvalue weighted by atomic mass is 35.5. The van der Waals surface area contributed by atoms with Crippen molar-refractivity contribution in [3.63, 3.8) is 0 Å². The molecule has 29 heavy (non-hydrogen) atoms. The zero-order valence-electron chi connectivity index (χ0n) is 15.2. The van der Waals surface area contributed by atoms with Crippen LogP contribution >= 0.6 is 22.9 Å². The molecular formula is C20H15ClN4O3S. The number of carbonyl (C=O) groups is 1. The van der Waals surface area contributed by atoms with Crippen molar-refractivity contribution in [1.82, 2.24) is 20.6 Å². The number of thiophene rings is 1. The molecule has 0 unspecified atom stereocenters. The van der Waals surface area contributed by atoms with Gasteiger partial charge in [0.1, 0.15) is 5.75 Å². The molecule has 0 radical (unpaired) electrons. The fraction of sp³-hybridized carbons (Fsp3) is 0.100. The molecule has 0 fully saturated rings. The van der Waals surface area contributed by atoms with Crippen molar-refractivity contribution in [2.24, 2.45) is 0 Å². The normalized spacial score (nSPS) is 10.8. The molecule has 0 atom stereocenters. The zero-order chi connectivity index (χ0) is 20.4. The number of benzene rings is 2. The van der Waals surface area contributed by atoms with Gasteiger partial charge in [-0.2, -0.15) is 0 Å². The molecule has 0 saturated heterocycles. The van der Waals surface area contributed by atoms with Crippen LogP contribution in [-0.4, -0.2) is 38.3 Å². The van der Waals surface area contributed by atoms with Gasteiger partial charge in [-0.3, -0.25) is 0 Å². The monoisotopic (exact) mass is 426 g/mol. The van der Waals surface area contributed by atoms with Crippen molar-refractivity contribution < 1.29 is 14.6 Å². The highest BCUT2D eigenvalue weighted by Gasteiger charge is 2.18. The van der Waals surface area contributed by atoms with E-state index in [2.05, 4.69) is 20.6 Å². The maximum Gasteiger partial charge on any atom is 0.338 e. The molecule has 4 rings (SSSR count). The Morgan fingerprint density at radius 1 is 1.17 bits per heavy atom. The Morgan fingerprint density at radius 3 is 2.66 bits per heavy atom. The number of esters is 1. The number of aromatic nitrogens is 4. The molecule has 146 valence electrons. The van der Waals surface area contributed by atoms with Crippen LogP contribution in [0, 0.1) is 0 Å². The lowest BCUT2D eigenvalue weighted by atomic mass is 10.00. The van der Waals surface area contributed by atoms with Crippen molar-refractivity contribution in [2.45, 2.75) is 6.92 Å². The Kier molecular flexibility index (Phi) is 5.28. The number of H-pyrrole nitrogens is 1. The van der Waals surface area contributed by atoms with Gasteiger partial charge in [0.15, 0.2) is 5.82 Å². The molecule has 7 nitrogen and oxygen atoms in total. The van der Waals surface area contributed by atoms with Crippen LogP contribution in [0.15, 0.2) is 48.5 Å². The van der Waals surface area contributed by atoms with Crippen LogP contribution in [0.3, 0.4) is 0 Å². The zero-order valence-corrected chi connectivity index (χ0v) is 16.8. The topological polar surface area (TPSA) is 101 Å². The van der Waals surface area contributed by atoms with Crippen LogP contribution < -0.4 is 0 Å². The van der Waals surface area contributed by atoms with E-state index in [0.717, 1.165) is 20.9 Å². The predicted molar refractivity (Wildman–Crippen MR) is 111 cm³/mol. The number of ether oxygens (including phenoxy) is 1. The molecule has 4 aromatic rings. The number of phenols is 1. The fourth-order valence-electron chi connectivity index (χ4n) is 2.90. The summed E-state index contributed by atoms with van der Waals surface area (Å²) in [4.78, 5) is 13.9. The number of halogens is 1. The number of hydrogen-bond donors (Lipinski definition) is 2. The van der Waals surface area contributed by atoms with Crippen LogP contribution in [-0.2, 0) is 4.74 Å². The summed E-state index contributed by atoms with van der Waals surface area (Å²) in [5.74, 6) is 0.0107. The standard InChI is InChI=1S/C20H15ClN4O3S/c1-2-28-20(27)13-7-12(8-15(26)9-13)16-10-17(19-22-24-25-23-19)29-18(16)11-3-5-14(21)6-4-11/h3-10,26H,2H2,1H3,(H,22,23,24,25). The highest BCUT2D eigenvalue weighted by Crippen LogP contribution is 2.43. The Balaban J connectivity index is 1.88. The third kappa shape index (κ3) is 3.98. The molecular weight excluding hydrogens is 412 g/mol. The number of rotatable bonds is 5. The summed E-state index contributed by atoms with van der Waals surface area (Å²) in [7, 11) is 0. The number of aromatic amines is 1. The molecule has 0 amide bonds. The second kappa shape index (κ2) is 8.02. The van der Waals surface area contributed by atoms with Gasteiger partial charge < -0.3 is 9.84 Å². The Morgan fingerprint density at radius 2 is 1.97 bits per heavy atom. The van der Waals surface area contributed by atoms with E-state index in [4.69, 9.17) is 16.3 Å². The van der Waals surface area contributed by atoms with E-state index in [1.165, 1.54) is 17.4 Å². The van der Waals surface area contributed by atoms with Crippen LogP contribution in [0.25, 0.3) is 32.3 Å². The lowest BCUT2D eigenvalue weighted by Gasteiger charge is -2.08. The number of aromatic hydroxyl groups is 1. The molecule has 2 heterocycles. The molecule has 2 N–H and O–H groups in total. The third-order valence-electron chi connectivity index (χ3n) is 4.16. The molecule has 2 aromatic carbocycles. The first-order valence-electron chi connectivity index (χ1n) is 8.70. The minimum Gasteiger partial charge on any atom is -0.508 e. The molecule has 0 bridgehead atoms. The number of nitrogens with one attached hydrogen (secondary N) is 1. The summed E-state index contributed by atoms with van der Waals surface area (Å²) in [6.07, 6.45) is 0. The maximum atomic E-state index is 12.2. The quantitative estimate of drug-likeness (QED) is 0.444. The Bertz CT molecular complexity index is 1160. The summed E-state index contributed by atoms with van der Waals surface area (Å²) in [5, 5.41) is 24.8. The van der Waals surface area contributed by atoms with Gasteiger partial charge in [-0.15, -0.1) is 16.4 Å². The SMILES string of the molecule is CCOC(=O)c1cc(O)cc(-c2cc(-c3nnn[nH]3)sc2-c2ccc(Cl)cc2)c1. The van der Waals surface area contributed by atoms with Crippen molar-refractivity contribution in [3.05, 3.63) is 59.1 Å². The Hall–Kier alpha value is -3.23. The van der Waals surface area contributed by atoms with Gasteiger partial charge in [0.05, 0.1) is 17.0 Å². The van der Waals surface area contributed by atoms with E-state index in [1.807, 2.05) is 30.3 Å². The molecule has 9 heteroatoms. The van der Waals surface area contributed by atoms with Gasteiger partial charge in [0.25, 0.3) is 0 Å². The van der Waals surface area contributed by atoms with Crippen molar-refractivity contribution in [1.29, 1.82) is 0 Å². The summed E-state index contributed by atoms with van der Waals surface area (Å²) >= 11 is 7.52. The molecule has 0 saturated carbocycles. The number of carbonyl (C=O) groups excluding carboxylic acids is 1. The summed E-state index contributed by atoms with van der Waals surface area (Å²) < 4.78 is 5.07. The lowest BCUT2D eigenvalue weighted by Crippen LogP contribution is -2.04. The number of phenolic OH excluding ortho intramolecular Hbond substituents is 1. The van der Waals surface area contributed by atoms with Gasteiger partial charge in [0, 0.05) is 15.5 Å². The first kappa shape index (κ1) is 19.1. The Labute approximate surface area is 174 Å². The van der Waals surface area contributed by atoms with Gasteiger partial charge >= 0.3 is 5.97 Å². The predicted octanol–water partition coefficient (Wildman–Crippen LogP) is 4.80. The first-order chi connectivity index (χ1) is 14.0. The molecule has 0 aliphatic heterocycles. The van der Waals surface area contributed by atoms with Crippen molar-refractivity contribution >= 4 is 28.9 Å². The number of tetrazole rings is 1. The minimum atomic E-state index is -0.493. The van der Waals surface area contributed by atoms with Crippen molar-refractivity contribution in [3.8, 4) is 38.0 Å². The molecule has 0 spiro atoms. The van der Waals surface area contributed by atoms with E-state index in [-0.39, 0.29) is 17.9 Å². The van der Waals surface area contributed by atoms with Crippen molar-refractivity contribution in [2.75, 3.05) is 6.61 Å². The fourth-order valence-corrected chi connectivity index (χ4v) is 4.15. The largest absolute Gasteiger partial charge is 0.508 e. The van der Waals surface area contributed by atoms with E-state index >= 15 is 0 Å². The highest BCUT2D eigenvalue weighted by molar-refractivity contribution is 7.19. The maximum absolute atomic E-state index is 12.2. The van der Waals surface area contributed by atoms with Gasteiger partial charge in [-0.05, 0) is 64.9 Å². The summed E-state index contributed by atoms with van der Waals surface area (Å²) in [6, 6.07) is 14.0. The van der Waals surface area contributed by atoms with Crippen LogP contribution in [0.4, 0.5) is 0 Å². The minimum absolute atomic E-state index is 0.0262. The average molecular weight is 427 g/mol. The molecule has 0 aliphatic rings. The molecule has 0 aliphatic carbocycles. The van der Waals surface area contributed by atoms with E-state index in [9.17, 15) is 9.90 Å². The number of hydrogen-bond acceptors (Lipinski definition) is 7. The third-order valence-corrected chi connectivity index (χ3v) is 5.60. The lowest BCUT2D eigenvalue weighted by molar-refractivity contribution is 0.0526. The first-order valence-corrected chi connectivity index (χ1v) is 9.90.